The van der Waals surface area contributed by atoms with Crippen LogP contribution in [-0.2, 0) is 0 Å². The fraction of sp³-hybridized carbons (Fsp3) is 0.500. The summed E-state index contributed by atoms with van der Waals surface area (Å²) in [4.78, 5) is 4.87. The van der Waals surface area contributed by atoms with E-state index in [1.807, 2.05) is 0 Å². The van der Waals surface area contributed by atoms with Crippen LogP contribution in [0.25, 0.3) is 0 Å². The van der Waals surface area contributed by atoms with Gasteiger partial charge in [-0.3, -0.25) is 0 Å². The SMILES string of the molecule is Cc1ccccc1N1CCN(C)CC1. The zero-order valence-corrected chi connectivity index (χ0v) is 9.03. The summed E-state index contributed by atoms with van der Waals surface area (Å²) in [6, 6.07) is 8.64. The van der Waals surface area contributed by atoms with Gasteiger partial charge < -0.3 is 9.80 Å². The first-order valence-corrected chi connectivity index (χ1v) is 5.26. The number of hydrogen-bond donors (Lipinski definition) is 0. The van der Waals surface area contributed by atoms with E-state index in [4.69, 9.17) is 0 Å². The molecule has 0 unspecified atom stereocenters. The third kappa shape index (κ3) is 1.90. The number of nitrogens with zero attached hydrogens (tertiary/aromatic N) is 2. The summed E-state index contributed by atoms with van der Waals surface area (Å²) in [7, 11) is 2.19. The Kier molecular flexibility index (Phi) is 2.73. The number of benzene rings is 1. The highest BCUT2D eigenvalue weighted by atomic mass is 15.2. The lowest BCUT2D eigenvalue weighted by Gasteiger charge is -2.34. The summed E-state index contributed by atoms with van der Waals surface area (Å²) in [6.45, 7) is 6.85. The molecule has 1 aromatic rings. The minimum absolute atomic E-state index is 1.15. The van der Waals surface area contributed by atoms with Gasteiger partial charge in [0.2, 0.25) is 0 Å². The average Bonchev–Trinajstić information content (AvgIpc) is 2.20. The summed E-state index contributed by atoms with van der Waals surface area (Å²) in [6.07, 6.45) is 0. The van der Waals surface area contributed by atoms with Gasteiger partial charge in [0.15, 0.2) is 0 Å². The highest BCUT2D eigenvalue weighted by molar-refractivity contribution is 5.53. The number of aryl methyl sites for hydroxylation is 1. The molecule has 0 spiro atoms. The van der Waals surface area contributed by atoms with Crippen molar-refractivity contribution in [1.82, 2.24) is 4.90 Å². The van der Waals surface area contributed by atoms with E-state index in [1.165, 1.54) is 24.3 Å². The Bertz CT molecular complexity index is 301. The van der Waals surface area contributed by atoms with Gasteiger partial charge in [-0.05, 0) is 25.6 Å². The molecule has 2 nitrogen and oxygen atoms in total. The van der Waals surface area contributed by atoms with Gasteiger partial charge in [0, 0.05) is 31.9 Å². The summed E-state index contributed by atoms with van der Waals surface area (Å²) < 4.78 is 0. The Hall–Kier alpha value is -1.02. The van der Waals surface area contributed by atoms with E-state index in [2.05, 4.69) is 48.0 Å². The molecule has 0 amide bonds. The third-order valence-corrected chi connectivity index (χ3v) is 2.96. The smallest absolute Gasteiger partial charge is 0.0396 e. The molecule has 1 fully saturated rings. The Morgan fingerprint density at radius 3 is 2.29 bits per heavy atom. The average molecular weight is 190 g/mol. The van der Waals surface area contributed by atoms with Gasteiger partial charge in [-0.15, -0.1) is 0 Å². The molecular formula is C12H18N2. The molecule has 0 atom stereocenters. The lowest BCUT2D eigenvalue weighted by Crippen LogP contribution is -2.44. The molecule has 14 heavy (non-hydrogen) atoms. The fourth-order valence-corrected chi connectivity index (χ4v) is 1.97. The highest BCUT2D eigenvalue weighted by Gasteiger charge is 2.14. The second kappa shape index (κ2) is 4.01. The predicted molar refractivity (Wildman–Crippen MR) is 60.9 cm³/mol. The largest absolute Gasteiger partial charge is 0.369 e. The van der Waals surface area contributed by atoms with E-state index in [0.717, 1.165) is 13.1 Å². The van der Waals surface area contributed by atoms with E-state index in [0.29, 0.717) is 0 Å². The van der Waals surface area contributed by atoms with E-state index in [1.54, 1.807) is 0 Å². The molecule has 1 aromatic carbocycles. The monoisotopic (exact) mass is 190 g/mol. The molecular weight excluding hydrogens is 172 g/mol. The molecule has 0 aliphatic carbocycles. The highest BCUT2D eigenvalue weighted by Crippen LogP contribution is 2.20. The van der Waals surface area contributed by atoms with Crippen molar-refractivity contribution >= 4 is 5.69 Å². The molecule has 2 rings (SSSR count). The van der Waals surface area contributed by atoms with Gasteiger partial charge >= 0.3 is 0 Å². The van der Waals surface area contributed by atoms with Gasteiger partial charge in [0.25, 0.3) is 0 Å². The van der Waals surface area contributed by atoms with Crippen molar-refractivity contribution in [2.75, 3.05) is 38.1 Å². The summed E-state index contributed by atoms with van der Waals surface area (Å²) in [5.41, 5.74) is 2.79. The second-order valence-electron chi connectivity index (χ2n) is 4.08. The summed E-state index contributed by atoms with van der Waals surface area (Å²) in [5.74, 6) is 0. The Balaban J connectivity index is 2.12. The van der Waals surface area contributed by atoms with E-state index < -0.39 is 0 Å². The third-order valence-electron chi connectivity index (χ3n) is 2.96. The molecule has 0 N–H and O–H groups in total. The zero-order chi connectivity index (χ0) is 9.97. The maximum absolute atomic E-state index is 2.48. The van der Waals surface area contributed by atoms with Crippen LogP contribution in [0.15, 0.2) is 24.3 Å². The van der Waals surface area contributed by atoms with Crippen LogP contribution in [0, 0.1) is 6.92 Å². The maximum Gasteiger partial charge on any atom is 0.0396 e. The Morgan fingerprint density at radius 2 is 1.64 bits per heavy atom. The van der Waals surface area contributed by atoms with Gasteiger partial charge in [0.05, 0.1) is 0 Å². The first-order chi connectivity index (χ1) is 6.77. The quantitative estimate of drug-likeness (QED) is 0.665. The van der Waals surface area contributed by atoms with Crippen molar-refractivity contribution in [2.24, 2.45) is 0 Å². The normalized spacial score (nSPS) is 18.6. The molecule has 1 aliphatic rings. The second-order valence-corrected chi connectivity index (χ2v) is 4.08. The molecule has 0 radical (unpaired) electrons. The molecule has 0 bridgehead atoms. The number of hydrogen-bond acceptors (Lipinski definition) is 2. The van der Waals surface area contributed by atoms with Crippen LogP contribution < -0.4 is 4.90 Å². The van der Waals surface area contributed by atoms with Crippen LogP contribution in [0.3, 0.4) is 0 Å². The van der Waals surface area contributed by atoms with Crippen molar-refractivity contribution in [2.45, 2.75) is 6.92 Å². The maximum atomic E-state index is 2.48. The molecule has 1 heterocycles. The first-order valence-electron chi connectivity index (χ1n) is 5.26. The molecule has 1 aliphatic heterocycles. The Labute approximate surface area is 86.1 Å². The van der Waals surface area contributed by atoms with Crippen molar-refractivity contribution in [3.8, 4) is 0 Å². The van der Waals surface area contributed by atoms with E-state index >= 15 is 0 Å². The van der Waals surface area contributed by atoms with Crippen LogP contribution in [0.4, 0.5) is 5.69 Å². The molecule has 1 saturated heterocycles. The van der Waals surface area contributed by atoms with Crippen LogP contribution in [0.5, 0.6) is 0 Å². The lowest BCUT2D eigenvalue weighted by molar-refractivity contribution is 0.312. The summed E-state index contributed by atoms with van der Waals surface area (Å²) in [5, 5.41) is 0. The molecule has 76 valence electrons. The molecule has 2 heteroatoms. The van der Waals surface area contributed by atoms with Crippen molar-refractivity contribution in [3.05, 3.63) is 29.8 Å². The van der Waals surface area contributed by atoms with Crippen molar-refractivity contribution < 1.29 is 0 Å². The zero-order valence-electron chi connectivity index (χ0n) is 9.03. The van der Waals surface area contributed by atoms with Crippen LogP contribution in [0.1, 0.15) is 5.56 Å². The predicted octanol–water partition coefficient (Wildman–Crippen LogP) is 1.75. The molecule has 0 saturated carbocycles. The van der Waals surface area contributed by atoms with Gasteiger partial charge in [-0.2, -0.15) is 0 Å². The van der Waals surface area contributed by atoms with Gasteiger partial charge in [-0.25, -0.2) is 0 Å². The van der Waals surface area contributed by atoms with Crippen LogP contribution >= 0.6 is 0 Å². The van der Waals surface area contributed by atoms with E-state index in [-0.39, 0.29) is 0 Å². The van der Waals surface area contributed by atoms with Crippen molar-refractivity contribution in [3.63, 3.8) is 0 Å². The first kappa shape index (κ1) is 9.53. The van der Waals surface area contributed by atoms with Crippen LogP contribution in [-0.4, -0.2) is 38.1 Å². The minimum atomic E-state index is 1.15. The summed E-state index contributed by atoms with van der Waals surface area (Å²) >= 11 is 0. The number of anilines is 1. The van der Waals surface area contributed by atoms with Gasteiger partial charge in [0.1, 0.15) is 0 Å². The number of rotatable bonds is 1. The Morgan fingerprint density at radius 1 is 1.00 bits per heavy atom. The number of para-hydroxylation sites is 1. The van der Waals surface area contributed by atoms with Gasteiger partial charge in [-0.1, -0.05) is 18.2 Å². The number of piperazine rings is 1. The number of likely N-dealkylation sites (N-methyl/N-ethyl adjacent to an activating group) is 1. The fourth-order valence-electron chi connectivity index (χ4n) is 1.97. The molecule has 0 aromatic heterocycles. The topological polar surface area (TPSA) is 6.48 Å². The standard InChI is InChI=1S/C12H18N2/c1-11-5-3-4-6-12(11)14-9-7-13(2)8-10-14/h3-6H,7-10H2,1-2H3. The minimum Gasteiger partial charge on any atom is -0.369 e. The van der Waals surface area contributed by atoms with E-state index in [9.17, 15) is 0 Å². The van der Waals surface area contributed by atoms with Crippen LogP contribution in [0.2, 0.25) is 0 Å². The van der Waals surface area contributed by atoms with Crippen molar-refractivity contribution in [1.29, 1.82) is 0 Å². The lowest BCUT2D eigenvalue weighted by atomic mass is 10.1.